The molecule has 1 aliphatic heterocycles. The largest absolute Gasteiger partial charge is 0.480 e. The van der Waals surface area contributed by atoms with Crippen LogP contribution in [0.3, 0.4) is 0 Å². The SMILES string of the molecule is O=C(SCC#CC(=O)N1C[C@@H](Sc2ccccc2)C[C@H]1C(=O)O)c1ccccc1. The molecule has 2 aromatic rings. The van der Waals surface area contributed by atoms with Crippen molar-refractivity contribution in [2.24, 2.45) is 0 Å². The van der Waals surface area contributed by atoms with E-state index in [1.54, 1.807) is 36.0 Å². The smallest absolute Gasteiger partial charge is 0.326 e. The summed E-state index contributed by atoms with van der Waals surface area (Å²) in [4.78, 5) is 38.4. The van der Waals surface area contributed by atoms with E-state index < -0.39 is 17.9 Å². The maximum Gasteiger partial charge on any atom is 0.326 e. The van der Waals surface area contributed by atoms with Crippen LogP contribution in [-0.4, -0.2) is 50.6 Å². The van der Waals surface area contributed by atoms with Crippen molar-refractivity contribution in [3.05, 3.63) is 66.2 Å². The van der Waals surface area contributed by atoms with Gasteiger partial charge in [0.15, 0.2) is 0 Å². The lowest BCUT2D eigenvalue weighted by Crippen LogP contribution is -2.39. The number of nitrogens with zero attached hydrogens (tertiary/aromatic N) is 1. The highest BCUT2D eigenvalue weighted by atomic mass is 32.2. The Bertz CT molecular complexity index is 938. The van der Waals surface area contributed by atoms with E-state index in [0.717, 1.165) is 16.7 Å². The summed E-state index contributed by atoms with van der Waals surface area (Å²) in [5.74, 6) is 3.82. The van der Waals surface area contributed by atoms with E-state index >= 15 is 0 Å². The highest BCUT2D eigenvalue weighted by Crippen LogP contribution is 2.32. The van der Waals surface area contributed by atoms with Crippen LogP contribution in [-0.2, 0) is 9.59 Å². The number of carbonyl (C=O) groups excluding carboxylic acids is 2. The minimum Gasteiger partial charge on any atom is -0.480 e. The van der Waals surface area contributed by atoms with E-state index in [4.69, 9.17) is 0 Å². The van der Waals surface area contributed by atoms with E-state index in [0.29, 0.717) is 18.5 Å². The number of hydrogen-bond donors (Lipinski definition) is 1. The summed E-state index contributed by atoms with van der Waals surface area (Å²) in [5, 5.41) is 9.37. The van der Waals surface area contributed by atoms with Crippen molar-refractivity contribution in [2.45, 2.75) is 22.6 Å². The number of carboxylic acid groups (broad SMARTS) is 1. The second-order valence-electron chi connectivity index (χ2n) is 6.34. The van der Waals surface area contributed by atoms with Gasteiger partial charge >= 0.3 is 5.97 Å². The fraction of sp³-hybridized carbons (Fsp3) is 0.227. The average molecular weight is 426 g/mol. The van der Waals surface area contributed by atoms with Crippen molar-refractivity contribution >= 4 is 40.5 Å². The van der Waals surface area contributed by atoms with E-state index in [-0.39, 0.29) is 16.1 Å². The van der Waals surface area contributed by atoms with Crippen LogP contribution in [0.5, 0.6) is 0 Å². The molecule has 3 rings (SSSR count). The molecule has 1 heterocycles. The Labute approximate surface area is 177 Å². The van der Waals surface area contributed by atoms with Crippen molar-refractivity contribution in [1.29, 1.82) is 0 Å². The first-order valence-electron chi connectivity index (χ1n) is 9.00. The monoisotopic (exact) mass is 425 g/mol. The molecule has 7 heteroatoms. The number of rotatable bonds is 5. The van der Waals surface area contributed by atoms with Crippen LogP contribution in [0, 0.1) is 11.8 Å². The third kappa shape index (κ3) is 5.89. The van der Waals surface area contributed by atoms with Gasteiger partial charge in [0, 0.05) is 22.3 Å². The molecule has 0 spiro atoms. The van der Waals surface area contributed by atoms with Crippen LogP contribution in [0.15, 0.2) is 65.6 Å². The molecule has 0 radical (unpaired) electrons. The number of likely N-dealkylation sites (tertiary alicyclic amines) is 1. The van der Waals surface area contributed by atoms with E-state index in [2.05, 4.69) is 11.8 Å². The Morgan fingerprint density at radius 2 is 1.69 bits per heavy atom. The standard InChI is InChI=1S/C22H19NO4S2/c24-20(12-7-13-28-22(27)16-8-3-1-4-9-16)23-15-18(14-19(23)21(25)26)29-17-10-5-2-6-11-17/h1-6,8-11,18-19H,13-15H2,(H,25,26)/t18-,19-/m0/s1. The van der Waals surface area contributed by atoms with Gasteiger partial charge in [-0.05, 0) is 24.5 Å². The van der Waals surface area contributed by atoms with Gasteiger partial charge < -0.3 is 10.0 Å². The lowest BCUT2D eigenvalue weighted by molar-refractivity contribution is -0.146. The second-order valence-corrected chi connectivity index (χ2v) is 8.67. The maximum absolute atomic E-state index is 12.5. The Morgan fingerprint density at radius 3 is 2.34 bits per heavy atom. The summed E-state index contributed by atoms with van der Waals surface area (Å²) in [7, 11) is 0. The highest BCUT2D eigenvalue weighted by Gasteiger charge is 2.39. The second kappa shape index (κ2) is 10.2. The zero-order chi connectivity index (χ0) is 20.6. The van der Waals surface area contributed by atoms with E-state index in [9.17, 15) is 19.5 Å². The lowest BCUT2D eigenvalue weighted by atomic mass is 10.2. The van der Waals surface area contributed by atoms with Gasteiger partial charge in [0.2, 0.25) is 5.12 Å². The van der Waals surface area contributed by atoms with Crippen molar-refractivity contribution in [1.82, 2.24) is 4.90 Å². The van der Waals surface area contributed by atoms with Crippen LogP contribution in [0.25, 0.3) is 0 Å². The molecule has 0 aromatic heterocycles. The zero-order valence-electron chi connectivity index (χ0n) is 15.5. The van der Waals surface area contributed by atoms with Gasteiger partial charge in [-0.1, -0.05) is 66.2 Å². The summed E-state index contributed by atoms with van der Waals surface area (Å²) < 4.78 is 0. The van der Waals surface area contributed by atoms with Crippen molar-refractivity contribution in [2.75, 3.05) is 12.3 Å². The first-order valence-corrected chi connectivity index (χ1v) is 10.9. The van der Waals surface area contributed by atoms with Crippen LogP contribution in [0.1, 0.15) is 16.8 Å². The molecule has 0 unspecified atom stereocenters. The molecule has 148 valence electrons. The quantitative estimate of drug-likeness (QED) is 0.740. The molecule has 29 heavy (non-hydrogen) atoms. The van der Waals surface area contributed by atoms with Gasteiger partial charge in [-0.3, -0.25) is 9.59 Å². The van der Waals surface area contributed by atoms with Crippen LogP contribution < -0.4 is 0 Å². The highest BCUT2D eigenvalue weighted by molar-refractivity contribution is 8.14. The molecule has 0 saturated carbocycles. The Balaban J connectivity index is 1.56. The summed E-state index contributed by atoms with van der Waals surface area (Å²) in [6.07, 6.45) is 0.379. The van der Waals surface area contributed by atoms with Gasteiger partial charge in [-0.25, -0.2) is 4.79 Å². The third-order valence-electron chi connectivity index (χ3n) is 4.33. The van der Waals surface area contributed by atoms with Crippen LogP contribution in [0.2, 0.25) is 0 Å². The predicted molar refractivity (Wildman–Crippen MR) is 115 cm³/mol. The number of hydrogen-bond acceptors (Lipinski definition) is 5. The number of amides is 1. The molecule has 1 aliphatic rings. The van der Waals surface area contributed by atoms with Crippen molar-refractivity contribution in [3.8, 4) is 11.8 Å². The van der Waals surface area contributed by atoms with Gasteiger partial charge in [0.1, 0.15) is 6.04 Å². The van der Waals surface area contributed by atoms with Crippen molar-refractivity contribution in [3.63, 3.8) is 0 Å². The van der Waals surface area contributed by atoms with E-state index in [1.807, 2.05) is 36.4 Å². The summed E-state index contributed by atoms with van der Waals surface area (Å²) >= 11 is 2.59. The summed E-state index contributed by atoms with van der Waals surface area (Å²) in [6, 6.07) is 17.7. The molecular formula is C22H19NO4S2. The average Bonchev–Trinajstić information content (AvgIpc) is 3.16. The Hall–Kier alpha value is -2.69. The van der Waals surface area contributed by atoms with E-state index in [1.165, 1.54) is 4.90 Å². The van der Waals surface area contributed by atoms with Crippen LogP contribution >= 0.6 is 23.5 Å². The molecule has 2 aromatic carbocycles. The minimum absolute atomic E-state index is 0.00159. The minimum atomic E-state index is -1.02. The normalized spacial score (nSPS) is 18.0. The van der Waals surface area contributed by atoms with Crippen LogP contribution in [0.4, 0.5) is 0 Å². The number of carboxylic acids is 1. The summed E-state index contributed by atoms with van der Waals surface area (Å²) in [5.41, 5.74) is 0.580. The molecule has 2 atom stereocenters. The first kappa shape index (κ1) is 21.0. The fourth-order valence-electron chi connectivity index (χ4n) is 2.98. The molecule has 5 nitrogen and oxygen atoms in total. The van der Waals surface area contributed by atoms with Gasteiger partial charge in [0.05, 0.1) is 5.75 Å². The number of thioether (sulfide) groups is 2. The molecular weight excluding hydrogens is 406 g/mol. The summed E-state index contributed by atoms with van der Waals surface area (Å²) in [6.45, 7) is 0.333. The predicted octanol–water partition coefficient (Wildman–Crippen LogP) is 3.41. The molecule has 1 fully saturated rings. The number of carbonyl (C=O) groups is 3. The molecule has 1 amide bonds. The number of benzene rings is 2. The third-order valence-corrected chi connectivity index (χ3v) is 6.34. The molecule has 0 bridgehead atoms. The molecule has 0 aliphatic carbocycles. The van der Waals surface area contributed by atoms with Gasteiger partial charge in [0.25, 0.3) is 5.91 Å². The molecule has 1 N–H and O–H groups in total. The molecule has 1 saturated heterocycles. The van der Waals surface area contributed by atoms with Crippen molar-refractivity contribution < 1.29 is 19.5 Å². The Morgan fingerprint density at radius 1 is 1.03 bits per heavy atom. The topological polar surface area (TPSA) is 74.7 Å². The lowest BCUT2D eigenvalue weighted by Gasteiger charge is -2.18. The first-order chi connectivity index (χ1) is 14.0. The number of aliphatic carboxylic acids is 1. The zero-order valence-corrected chi connectivity index (χ0v) is 17.1. The van der Waals surface area contributed by atoms with Gasteiger partial charge in [-0.2, -0.15) is 0 Å². The fourth-order valence-corrected chi connectivity index (χ4v) is 4.77. The Kier molecular flexibility index (Phi) is 7.39. The maximum atomic E-state index is 12.5. The van der Waals surface area contributed by atoms with Gasteiger partial charge in [-0.15, -0.1) is 11.8 Å².